The van der Waals surface area contributed by atoms with Crippen LogP contribution in [0.25, 0.3) is 32.8 Å². The van der Waals surface area contributed by atoms with Gasteiger partial charge in [0.05, 0.1) is 5.56 Å². The topological polar surface area (TPSA) is 35.0 Å². The summed E-state index contributed by atoms with van der Waals surface area (Å²) in [7, 11) is 0. The molecule has 32 heavy (non-hydrogen) atoms. The zero-order valence-corrected chi connectivity index (χ0v) is 17.0. The Hall–Kier alpha value is -3.93. The highest BCUT2D eigenvalue weighted by molar-refractivity contribution is 6.05. The molecular weight excluding hydrogens is 413 g/mol. The molecule has 0 bridgehead atoms. The number of benzene rings is 4. The van der Waals surface area contributed by atoms with Crippen molar-refractivity contribution < 1.29 is 17.9 Å². The van der Waals surface area contributed by atoms with Gasteiger partial charge in [-0.15, -0.1) is 10.2 Å². The summed E-state index contributed by atoms with van der Waals surface area (Å²) in [6.45, 7) is 1.58. The number of hydrogen-bond acceptors (Lipinski definition) is 3. The molecule has 0 aliphatic rings. The maximum absolute atomic E-state index is 13.0. The third-order valence-corrected chi connectivity index (χ3v) is 5.37. The summed E-state index contributed by atoms with van der Waals surface area (Å²) in [6, 6.07) is 25.0. The summed E-state index contributed by atoms with van der Waals surface area (Å²) in [4.78, 5) is 0. The fraction of sp³-hybridized carbons (Fsp3) is 0.0769. The van der Waals surface area contributed by atoms with Crippen molar-refractivity contribution in [2.24, 2.45) is 0 Å². The Morgan fingerprint density at radius 1 is 0.719 bits per heavy atom. The van der Waals surface area contributed by atoms with Gasteiger partial charge in [0.15, 0.2) is 0 Å². The molecule has 0 unspecified atom stereocenters. The van der Waals surface area contributed by atoms with E-state index in [1.807, 2.05) is 66.7 Å². The second-order valence-corrected chi connectivity index (χ2v) is 7.54. The summed E-state index contributed by atoms with van der Waals surface area (Å²) in [5.41, 5.74) is 1.27. The largest absolute Gasteiger partial charge is 0.437 e. The second-order valence-electron chi connectivity index (χ2n) is 7.54. The van der Waals surface area contributed by atoms with Crippen molar-refractivity contribution >= 4 is 21.5 Å². The van der Waals surface area contributed by atoms with Crippen molar-refractivity contribution in [1.82, 2.24) is 10.2 Å². The normalized spacial score (nSPS) is 11.8. The van der Waals surface area contributed by atoms with E-state index < -0.39 is 11.7 Å². The molecule has 1 aromatic heterocycles. The van der Waals surface area contributed by atoms with Crippen molar-refractivity contribution in [2.75, 3.05) is 0 Å². The number of halogens is 3. The van der Waals surface area contributed by atoms with Crippen LogP contribution in [0, 0.1) is 6.92 Å². The summed E-state index contributed by atoms with van der Waals surface area (Å²) in [6.07, 6.45) is -4.41. The van der Waals surface area contributed by atoms with E-state index in [4.69, 9.17) is 4.74 Å². The molecule has 0 atom stereocenters. The van der Waals surface area contributed by atoms with Crippen LogP contribution in [0.5, 0.6) is 11.6 Å². The lowest BCUT2D eigenvalue weighted by Gasteiger charge is -2.14. The molecule has 0 N–H and O–H groups in total. The number of nitrogens with zero attached hydrogens (tertiary/aromatic N) is 2. The van der Waals surface area contributed by atoms with Gasteiger partial charge in [-0.3, -0.25) is 0 Å². The van der Waals surface area contributed by atoms with E-state index in [9.17, 15) is 13.2 Å². The maximum Gasteiger partial charge on any atom is 0.416 e. The Morgan fingerprint density at radius 2 is 1.38 bits per heavy atom. The monoisotopic (exact) mass is 430 g/mol. The van der Waals surface area contributed by atoms with Crippen LogP contribution in [0.3, 0.4) is 0 Å². The van der Waals surface area contributed by atoms with Crippen LogP contribution in [0.2, 0.25) is 0 Å². The van der Waals surface area contributed by atoms with Crippen molar-refractivity contribution in [3.8, 4) is 22.9 Å². The number of rotatable bonds is 3. The van der Waals surface area contributed by atoms with Crippen LogP contribution in [0.1, 0.15) is 11.1 Å². The van der Waals surface area contributed by atoms with Crippen LogP contribution in [-0.4, -0.2) is 10.2 Å². The molecule has 0 aliphatic carbocycles. The first-order chi connectivity index (χ1) is 15.4. The summed E-state index contributed by atoms with van der Waals surface area (Å²) in [5.74, 6) is 0.544. The predicted molar refractivity (Wildman–Crippen MR) is 119 cm³/mol. The molecule has 0 amide bonds. The highest BCUT2D eigenvalue weighted by Gasteiger charge is 2.30. The lowest BCUT2D eigenvalue weighted by Crippen LogP contribution is -2.05. The zero-order valence-electron chi connectivity index (χ0n) is 17.0. The number of alkyl halides is 3. The number of fused-ring (bicyclic) bond motifs is 2. The molecule has 5 aromatic rings. The maximum atomic E-state index is 13.0. The minimum atomic E-state index is -4.41. The quantitative estimate of drug-likeness (QED) is 0.277. The number of hydrogen-bond donors (Lipinski definition) is 0. The molecule has 1 heterocycles. The van der Waals surface area contributed by atoms with Gasteiger partial charge in [-0.2, -0.15) is 13.2 Å². The molecule has 5 rings (SSSR count). The molecular formula is C26H17F3N2O. The number of ether oxygens (including phenoxy) is 1. The average molecular weight is 430 g/mol. The van der Waals surface area contributed by atoms with Crippen molar-refractivity contribution in [1.29, 1.82) is 0 Å². The van der Waals surface area contributed by atoms with Gasteiger partial charge in [0.1, 0.15) is 11.4 Å². The van der Waals surface area contributed by atoms with E-state index in [1.54, 1.807) is 6.92 Å². The molecule has 0 saturated carbocycles. The van der Waals surface area contributed by atoms with Gasteiger partial charge in [-0.05, 0) is 53.6 Å². The Labute approximate surface area is 182 Å². The SMILES string of the molecule is Cc1cc(C(F)(F)F)ccc1Oc1nnc(-c2ccccc2)c2cc3ccccc3cc12. The molecule has 3 nitrogen and oxygen atoms in total. The van der Waals surface area contributed by atoms with Crippen molar-refractivity contribution in [3.05, 3.63) is 96.1 Å². The second kappa shape index (κ2) is 7.64. The highest BCUT2D eigenvalue weighted by atomic mass is 19.4. The first-order valence-electron chi connectivity index (χ1n) is 10.0. The molecule has 6 heteroatoms. The standard InChI is InChI=1S/C26H17F3N2O/c1-16-13-20(26(27,28)29)11-12-23(16)32-25-22-15-19-10-6-5-9-18(19)14-21(22)24(30-31-25)17-7-3-2-4-8-17/h2-15H,1H3. The van der Waals surface area contributed by atoms with Gasteiger partial charge in [0.2, 0.25) is 5.88 Å². The van der Waals surface area contributed by atoms with Gasteiger partial charge in [-0.25, -0.2) is 0 Å². The lowest BCUT2D eigenvalue weighted by atomic mass is 10.0. The fourth-order valence-corrected chi connectivity index (χ4v) is 3.75. The third kappa shape index (κ3) is 3.64. The molecule has 4 aromatic carbocycles. The van der Waals surface area contributed by atoms with Gasteiger partial charge in [0, 0.05) is 16.3 Å². The van der Waals surface area contributed by atoms with E-state index in [1.165, 1.54) is 6.07 Å². The van der Waals surface area contributed by atoms with Gasteiger partial charge in [-0.1, -0.05) is 54.6 Å². The third-order valence-electron chi connectivity index (χ3n) is 5.37. The van der Waals surface area contributed by atoms with E-state index in [2.05, 4.69) is 10.2 Å². The number of aromatic nitrogens is 2. The smallest absolute Gasteiger partial charge is 0.416 e. The fourth-order valence-electron chi connectivity index (χ4n) is 3.75. The molecule has 0 spiro atoms. The summed E-state index contributed by atoms with van der Waals surface area (Å²) < 4.78 is 45.1. The first-order valence-corrected chi connectivity index (χ1v) is 10.0. The Morgan fingerprint density at radius 3 is 2.03 bits per heavy atom. The van der Waals surface area contributed by atoms with Crippen LogP contribution < -0.4 is 4.74 Å². The van der Waals surface area contributed by atoms with Gasteiger partial charge in [0.25, 0.3) is 0 Å². The molecule has 158 valence electrons. The minimum absolute atomic E-state index is 0.244. The van der Waals surface area contributed by atoms with Gasteiger partial charge >= 0.3 is 6.18 Å². The Balaban J connectivity index is 1.68. The molecule has 0 aliphatic heterocycles. The zero-order chi connectivity index (χ0) is 22.3. The van der Waals surface area contributed by atoms with Crippen LogP contribution >= 0.6 is 0 Å². The number of aryl methyl sites for hydroxylation is 1. The molecule has 0 saturated heterocycles. The van der Waals surface area contributed by atoms with Crippen LogP contribution in [-0.2, 0) is 6.18 Å². The Bertz CT molecular complexity index is 1450. The van der Waals surface area contributed by atoms with E-state index in [0.717, 1.165) is 39.2 Å². The predicted octanol–water partition coefficient (Wildman–Crippen LogP) is 7.57. The van der Waals surface area contributed by atoms with E-state index in [0.29, 0.717) is 17.0 Å². The molecule has 0 fully saturated rings. The summed E-state index contributed by atoms with van der Waals surface area (Å²) >= 11 is 0. The minimum Gasteiger partial charge on any atom is -0.437 e. The Kier molecular flexibility index (Phi) is 4.78. The van der Waals surface area contributed by atoms with Gasteiger partial charge < -0.3 is 4.74 Å². The first kappa shape index (κ1) is 20.0. The van der Waals surface area contributed by atoms with E-state index >= 15 is 0 Å². The van der Waals surface area contributed by atoms with Crippen LogP contribution in [0.4, 0.5) is 13.2 Å². The summed E-state index contributed by atoms with van der Waals surface area (Å²) in [5, 5.41) is 12.3. The van der Waals surface area contributed by atoms with E-state index in [-0.39, 0.29) is 5.88 Å². The lowest BCUT2D eigenvalue weighted by molar-refractivity contribution is -0.137. The van der Waals surface area contributed by atoms with Crippen molar-refractivity contribution in [2.45, 2.75) is 13.1 Å². The molecule has 0 radical (unpaired) electrons. The average Bonchev–Trinajstić information content (AvgIpc) is 2.79. The highest BCUT2D eigenvalue weighted by Crippen LogP contribution is 2.38. The van der Waals surface area contributed by atoms with Crippen molar-refractivity contribution in [3.63, 3.8) is 0 Å². The van der Waals surface area contributed by atoms with Crippen LogP contribution in [0.15, 0.2) is 84.9 Å².